The summed E-state index contributed by atoms with van der Waals surface area (Å²) in [5, 5.41) is 22.3. The van der Waals surface area contributed by atoms with Crippen molar-refractivity contribution in [1.82, 2.24) is 4.98 Å². The van der Waals surface area contributed by atoms with Crippen LogP contribution in [-0.2, 0) is 0 Å². The summed E-state index contributed by atoms with van der Waals surface area (Å²) in [6.45, 7) is 0. The van der Waals surface area contributed by atoms with Gasteiger partial charge in [-0.2, -0.15) is 0 Å². The Kier molecular flexibility index (Phi) is 8.10. The first-order valence-electron chi connectivity index (χ1n) is 17.6. The van der Waals surface area contributed by atoms with Gasteiger partial charge in [0.2, 0.25) is 5.89 Å². The van der Waals surface area contributed by atoms with E-state index in [1.54, 1.807) is 12.2 Å². The van der Waals surface area contributed by atoms with Crippen molar-refractivity contribution in [2.45, 2.75) is 0 Å². The zero-order chi connectivity index (χ0) is 35.7. The predicted octanol–water partition coefficient (Wildman–Crippen LogP) is 12.8. The lowest BCUT2D eigenvalue weighted by Crippen LogP contribution is -2.01. The number of hydrogen-bond donors (Lipinski definition) is 2. The largest absolute Gasteiger partial charge is 0.436 e. The van der Waals surface area contributed by atoms with E-state index in [9.17, 15) is 5.41 Å². The average molecular weight is 680 g/mol. The van der Waals surface area contributed by atoms with Crippen LogP contribution in [0, 0.1) is 10.8 Å². The lowest BCUT2D eigenvalue weighted by molar-refractivity contribution is 0.620. The molecular weight excluding hydrogens is 647 g/mol. The van der Waals surface area contributed by atoms with Crippen molar-refractivity contribution in [3.63, 3.8) is 0 Å². The van der Waals surface area contributed by atoms with Gasteiger partial charge in [-0.25, -0.2) is 4.98 Å². The monoisotopic (exact) mass is 679 g/mol. The second-order valence-electron chi connectivity index (χ2n) is 13.1. The van der Waals surface area contributed by atoms with Crippen molar-refractivity contribution in [2.24, 2.45) is 0 Å². The Morgan fingerprint density at radius 2 is 1.13 bits per heavy atom. The second kappa shape index (κ2) is 13.5. The molecule has 9 aromatic rings. The van der Waals surface area contributed by atoms with Crippen LogP contribution in [0.4, 0.5) is 0 Å². The van der Waals surface area contributed by atoms with Gasteiger partial charge in [0.05, 0.1) is 11.4 Å². The SMILES string of the molecule is N=C(/C=C\C(=N)c1ccccc1-c1c(-c2cccc(-c3cccc4oc(-c5ccc6ccccc6c5)nc34)c2)ccc2ccccc12)c1ccccc1. The van der Waals surface area contributed by atoms with E-state index in [4.69, 9.17) is 14.8 Å². The van der Waals surface area contributed by atoms with E-state index in [-0.39, 0.29) is 0 Å². The number of benzene rings is 8. The molecule has 53 heavy (non-hydrogen) atoms. The molecule has 0 amide bonds. The quantitative estimate of drug-likeness (QED) is 0.157. The number of allylic oxidation sites excluding steroid dienone is 2. The Morgan fingerprint density at radius 1 is 0.472 bits per heavy atom. The van der Waals surface area contributed by atoms with Crippen molar-refractivity contribution in [2.75, 3.05) is 0 Å². The minimum atomic E-state index is 0.342. The highest BCUT2D eigenvalue weighted by molar-refractivity contribution is 6.18. The molecule has 0 aliphatic heterocycles. The van der Waals surface area contributed by atoms with Crippen LogP contribution >= 0.6 is 0 Å². The maximum absolute atomic E-state index is 9.19. The normalized spacial score (nSPS) is 11.5. The first-order valence-corrected chi connectivity index (χ1v) is 17.6. The molecule has 8 aromatic carbocycles. The number of nitrogens with one attached hydrogen (secondary N) is 2. The fourth-order valence-corrected chi connectivity index (χ4v) is 7.19. The Balaban J connectivity index is 1.14. The summed E-state index contributed by atoms with van der Waals surface area (Å²) in [6.07, 6.45) is 3.43. The highest BCUT2D eigenvalue weighted by atomic mass is 16.3. The maximum Gasteiger partial charge on any atom is 0.227 e. The average Bonchev–Trinajstić information content (AvgIpc) is 3.67. The molecule has 4 nitrogen and oxygen atoms in total. The highest BCUT2D eigenvalue weighted by Crippen LogP contribution is 2.41. The first-order chi connectivity index (χ1) is 26.1. The lowest BCUT2D eigenvalue weighted by Gasteiger charge is -2.18. The molecule has 0 saturated carbocycles. The van der Waals surface area contributed by atoms with Gasteiger partial charge in [-0.15, -0.1) is 0 Å². The number of fused-ring (bicyclic) bond motifs is 3. The number of nitrogens with zero attached hydrogens (tertiary/aromatic N) is 1. The summed E-state index contributed by atoms with van der Waals surface area (Å²) in [6, 6.07) is 59.8. The Bertz CT molecular complexity index is 2880. The fourth-order valence-electron chi connectivity index (χ4n) is 7.19. The molecule has 1 heterocycles. The topological polar surface area (TPSA) is 73.7 Å². The van der Waals surface area contributed by atoms with Crippen molar-refractivity contribution < 1.29 is 4.42 Å². The highest BCUT2D eigenvalue weighted by Gasteiger charge is 2.18. The molecule has 4 heteroatoms. The molecule has 0 aliphatic carbocycles. The van der Waals surface area contributed by atoms with Crippen LogP contribution in [-0.4, -0.2) is 16.4 Å². The molecule has 9 rings (SSSR count). The molecule has 1 aromatic heterocycles. The third kappa shape index (κ3) is 6.02. The molecule has 2 N–H and O–H groups in total. The Hall–Kier alpha value is -7.17. The van der Waals surface area contributed by atoms with E-state index in [0.717, 1.165) is 77.3 Å². The standard InChI is InChI=1S/C49H33N3O/c50-44(34-14-2-1-3-15-34)28-29-45(51)42-20-8-9-21-43(42)47-39-19-7-6-13-33(39)26-27-40(47)36-17-10-18-37(31-36)41-22-11-23-46-48(41)52-49(53-46)38-25-24-32-12-4-5-16-35(32)30-38/h1-31,50-51H/b29-28-,50-44?,51-45?. The molecule has 0 bridgehead atoms. The molecule has 0 fully saturated rings. The maximum atomic E-state index is 9.19. The van der Waals surface area contributed by atoms with Crippen LogP contribution < -0.4 is 0 Å². The van der Waals surface area contributed by atoms with Crippen LogP contribution in [0.15, 0.2) is 192 Å². The van der Waals surface area contributed by atoms with Gasteiger partial charge in [-0.05, 0) is 91.3 Å². The van der Waals surface area contributed by atoms with Crippen LogP contribution in [0.3, 0.4) is 0 Å². The summed E-state index contributed by atoms with van der Waals surface area (Å²) in [7, 11) is 0. The summed E-state index contributed by atoms with van der Waals surface area (Å²) < 4.78 is 6.35. The Labute approximate surface area is 307 Å². The molecule has 0 spiro atoms. The van der Waals surface area contributed by atoms with Crippen LogP contribution in [0.1, 0.15) is 11.1 Å². The van der Waals surface area contributed by atoms with Gasteiger partial charge in [-0.1, -0.05) is 152 Å². The fraction of sp³-hybridized carbons (Fsp3) is 0. The third-order valence-corrected chi connectivity index (χ3v) is 9.82. The van der Waals surface area contributed by atoms with Crippen molar-refractivity contribution in [3.8, 4) is 44.8 Å². The number of aromatic nitrogens is 1. The van der Waals surface area contributed by atoms with Crippen molar-refractivity contribution >= 4 is 44.1 Å². The minimum Gasteiger partial charge on any atom is -0.436 e. The first kappa shape index (κ1) is 31.8. The molecule has 0 aliphatic rings. The summed E-state index contributed by atoms with van der Waals surface area (Å²) in [4.78, 5) is 5.04. The van der Waals surface area contributed by atoms with E-state index < -0.39 is 0 Å². The number of para-hydroxylation sites is 1. The van der Waals surface area contributed by atoms with Gasteiger partial charge in [0.1, 0.15) is 5.52 Å². The van der Waals surface area contributed by atoms with E-state index in [1.165, 1.54) is 5.39 Å². The number of oxazole rings is 1. The molecule has 0 unspecified atom stereocenters. The zero-order valence-corrected chi connectivity index (χ0v) is 28.8. The third-order valence-electron chi connectivity index (χ3n) is 9.82. The lowest BCUT2D eigenvalue weighted by atomic mass is 9.86. The second-order valence-corrected chi connectivity index (χ2v) is 13.1. The molecule has 0 atom stereocenters. The van der Waals surface area contributed by atoms with E-state index in [0.29, 0.717) is 17.3 Å². The van der Waals surface area contributed by atoms with Gasteiger partial charge in [0, 0.05) is 16.7 Å². The van der Waals surface area contributed by atoms with E-state index in [1.807, 2.05) is 72.8 Å². The summed E-state index contributed by atoms with van der Waals surface area (Å²) in [5.74, 6) is 0.596. The smallest absolute Gasteiger partial charge is 0.227 e. The minimum absolute atomic E-state index is 0.342. The van der Waals surface area contributed by atoms with Crippen molar-refractivity contribution in [3.05, 3.63) is 199 Å². The van der Waals surface area contributed by atoms with Crippen LogP contribution in [0.5, 0.6) is 0 Å². The molecule has 250 valence electrons. The Morgan fingerprint density at radius 3 is 2.00 bits per heavy atom. The van der Waals surface area contributed by atoms with Gasteiger partial charge in [-0.3, -0.25) is 0 Å². The number of hydrogen-bond acceptors (Lipinski definition) is 4. The summed E-state index contributed by atoms with van der Waals surface area (Å²) >= 11 is 0. The molecular formula is C49H33N3O. The number of rotatable bonds is 8. The summed E-state index contributed by atoms with van der Waals surface area (Å²) in [5.41, 5.74) is 11.0. The predicted molar refractivity (Wildman–Crippen MR) is 220 cm³/mol. The van der Waals surface area contributed by atoms with Crippen LogP contribution in [0.2, 0.25) is 0 Å². The van der Waals surface area contributed by atoms with E-state index in [2.05, 4.69) is 103 Å². The van der Waals surface area contributed by atoms with Gasteiger partial charge in [0.25, 0.3) is 0 Å². The van der Waals surface area contributed by atoms with E-state index >= 15 is 0 Å². The molecule has 0 saturated heterocycles. The van der Waals surface area contributed by atoms with Crippen LogP contribution in [0.25, 0.3) is 77.5 Å². The van der Waals surface area contributed by atoms with Crippen molar-refractivity contribution in [1.29, 1.82) is 10.8 Å². The van der Waals surface area contributed by atoms with Gasteiger partial charge < -0.3 is 15.2 Å². The molecule has 0 radical (unpaired) electrons. The zero-order valence-electron chi connectivity index (χ0n) is 28.8. The van der Waals surface area contributed by atoms with Gasteiger partial charge >= 0.3 is 0 Å². The van der Waals surface area contributed by atoms with Gasteiger partial charge in [0.15, 0.2) is 5.58 Å².